The fourth-order valence-corrected chi connectivity index (χ4v) is 8.09. The van der Waals surface area contributed by atoms with Gasteiger partial charge in [0.25, 0.3) is 0 Å². The van der Waals surface area contributed by atoms with Crippen molar-refractivity contribution in [3.05, 3.63) is 90.5 Å². The third kappa shape index (κ3) is 4.45. The monoisotopic (exact) mass is 425 g/mol. The zero-order valence-corrected chi connectivity index (χ0v) is 17.9. The van der Waals surface area contributed by atoms with Crippen LogP contribution in [0.4, 0.5) is 0 Å². The molecule has 0 saturated carbocycles. The Balaban J connectivity index is 1.91. The number of benzene rings is 3. The summed E-state index contributed by atoms with van der Waals surface area (Å²) in [5, 5.41) is 4.11. The molecule has 2 heteroatoms. The standard InChI is InChI=1S/C24H27BrP/c1-2-3-4-7-12-21-17-19-24(20-18-21)26(25,22-13-8-5-9-14-22)23-15-10-6-11-16-23/h5-6,8-11,13-20H,2-4,7,12H2,1H3/q+1. The second kappa shape index (κ2) is 9.49. The van der Waals surface area contributed by atoms with Gasteiger partial charge in [0, 0.05) is 0 Å². The van der Waals surface area contributed by atoms with Crippen LogP contribution in [0.15, 0.2) is 84.9 Å². The lowest BCUT2D eigenvalue weighted by molar-refractivity contribution is 0.667. The fourth-order valence-electron chi connectivity index (χ4n) is 3.34. The number of hydrogen-bond donors (Lipinski definition) is 0. The van der Waals surface area contributed by atoms with Crippen LogP contribution >= 0.6 is 21.5 Å². The summed E-state index contributed by atoms with van der Waals surface area (Å²) in [6.07, 6.45) is 6.45. The molecule has 0 fully saturated rings. The van der Waals surface area contributed by atoms with Gasteiger partial charge in [-0.1, -0.05) is 74.7 Å². The molecule has 0 aliphatic heterocycles. The quantitative estimate of drug-likeness (QED) is 0.288. The molecule has 0 atom stereocenters. The van der Waals surface area contributed by atoms with Crippen LogP contribution in [0.1, 0.15) is 38.2 Å². The Labute approximate surface area is 166 Å². The highest BCUT2D eigenvalue weighted by atomic mass is 79.9. The van der Waals surface area contributed by atoms with E-state index in [2.05, 4.69) is 107 Å². The van der Waals surface area contributed by atoms with Crippen LogP contribution in [0.3, 0.4) is 0 Å². The van der Waals surface area contributed by atoms with Gasteiger partial charge in [0.15, 0.2) is 21.5 Å². The minimum Gasteiger partial charge on any atom is -0.0654 e. The van der Waals surface area contributed by atoms with Crippen molar-refractivity contribution in [1.82, 2.24) is 0 Å². The maximum Gasteiger partial charge on any atom is 0.181 e. The lowest BCUT2D eigenvalue weighted by Crippen LogP contribution is -2.26. The summed E-state index contributed by atoms with van der Waals surface area (Å²) in [6, 6.07) is 31.0. The van der Waals surface area contributed by atoms with Gasteiger partial charge in [0.1, 0.15) is 15.9 Å². The fraction of sp³-hybridized carbons (Fsp3) is 0.250. The second-order valence-corrected chi connectivity index (χ2v) is 12.7. The van der Waals surface area contributed by atoms with Crippen molar-refractivity contribution in [2.45, 2.75) is 39.0 Å². The van der Waals surface area contributed by atoms with Crippen molar-refractivity contribution in [3.63, 3.8) is 0 Å². The Hall–Kier alpha value is -1.43. The molecule has 0 radical (unpaired) electrons. The third-order valence-corrected chi connectivity index (χ3v) is 11.5. The highest BCUT2D eigenvalue weighted by Gasteiger charge is 2.43. The average Bonchev–Trinajstić information content (AvgIpc) is 2.72. The summed E-state index contributed by atoms with van der Waals surface area (Å²) < 4.78 is 0. The molecule has 0 aromatic heterocycles. The first-order chi connectivity index (χ1) is 12.7. The highest BCUT2D eigenvalue weighted by molar-refractivity contribution is 9.44. The van der Waals surface area contributed by atoms with Gasteiger partial charge >= 0.3 is 0 Å². The zero-order valence-electron chi connectivity index (χ0n) is 15.4. The molecule has 0 nitrogen and oxygen atoms in total. The third-order valence-electron chi connectivity index (χ3n) is 4.84. The van der Waals surface area contributed by atoms with E-state index in [4.69, 9.17) is 0 Å². The van der Waals surface area contributed by atoms with Crippen molar-refractivity contribution in [2.75, 3.05) is 0 Å². The number of aryl methyl sites for hydroxylation is 1. The first-order valence-corrected chi connectivity index (χ1v) is 13.4. The van der Waals surface area contributed by atoms with Crippen LogP contribution in [0.2, 0.25) is 0 Å². The van der Waals surface area contributed by atoms with E-state index in [1.807, 2.05) is 0 Å². The van der Waals surface area contributed by atoms with E-state index >= 15 is 0 Å². The summed E-state index contributed by atoms with van der Waals surface area (Å²) in [7, 11) is 0. The van der Waals surface area contributed by atoms with E-state index in [-0.39, 0.29) is 0 Å². The van der Waals surface area contributed by atoms with E-state index < -0.39 is 5.96 Å². The van der Waals surface area contributed by atoms with Crippen LogP contribution in [0.25, 0.3) is 0 Å². The van der Waals surface area contributed by atoms with E-state index in [1.165, 1.54) is 53.6 Å². The number of unbranched alkanes of at least 4 members (excludes halogenated alkanes) is 3. The molecule has 134 valence electrons. The smallest absolute Gasteiger partial charge is 0.0654 e. The Morgan fingerprint density at radius 1 is 0.615 bits per heavy atom. The van der Waals surface area contributed by atoms with Crippen LogP contribution in [-0.4, -0.2) is 0 Å². The molecule has 0 unspecified atom stereocenters. The first-order valence-electron chi connectivity index (χ1n) is 9.54. The minimum atomic E-state index is -1.77. The molecular formula is C24H27BrP+. The summed E-state index contributed by atoms with van der Waals surface area (Å²) in [4.78, 5) is 0. The molecule has 26 heavy (non-hydrogen) atoms. The molecule has 0 N–H and O–H groups in total. The van der Waals surface area contributed by atoms with Gasteiger partial charge < -0.3 is 0 Å². The number of hydrogen-bond acceptors (Lipinski definition) is 0. The van der Waals surface area contributed by atoms with Gasteiger partial charge in [-0.05, 0) is 54.8 Å². The molecular weight excluding hydrogens is 399 g/mol. The van der Waals surface area contributed by atoms with Crippen molar-refractivity contribution in [1.29, 1.82) is 0 Å². The van der Waals surface area contributed by atoms with E-state index in [9.17, 15) is 0 Å². The van der Waals surface area contributed by atoms with Crippen molar-refractivity contribution in [2.24, 2.45) is 0 Å². The SMILES string of the molecule is CCCCCCc1ccc([P+](Br)(c2ccccc2)c2ccccc2)cc1. The zero-order chi connectivity index (χ0) is 18.2. The molecule has 0 saturated heterocycles. The Bertz CT molecular complexity index is 742. The van der Waals surface area contributed by atoms with Crippen molar-refractivity contribution < 1.29 is 0 Å². The van der Waals surface area contributed by atoms with Crippen molar-refractivity contribution >= 4 is 37.4 Å². The molecule has 0 bridgehead atoms. The molecule has 3 aromatic rings. The maximum absolute atomic E-state index is 4.22. The summed E-state index contributed by atoms with van der Waals surface area (Å²) in [5.41, 5.74) is 1.45. The van der Waals surface area contributed by atoms with Crippen LogP contribution < -0.4 is 15.9 Å². The predicted molar refractivity (Wildman–Crippen MR) is 122 cm³/mol. The first kappa shape index (κ1) is 19.3. The Morgan fingerprint density at radius 3 is 1.62 bits per heavy atom. The normalized spacial score (nSPS) is 11.5. The second-order valence-electron chi connectivity index (χ2n) is 6.74. The Morgan fingerprint density at radius 2 is 1.12 bits per heavy atom. The highest BCUT2D eigenvalue weighted by Crippen LogP contribution is 2.62. The van der Waals surface area contributed by atoms with E-state index in [1.54, 1.807) is 0 Å². The van der Waals surface area contributed by atoms with Crippen LogP contribution in [0.5, 0.6) is 0 Å². The summed E-state index contributed by atoms with van der Waals surface area (Å²) in [6.45, 7) is 2.27. The van der Waals surface area contributed by atoms with Crippen LogP contribution in [0, 0.1) is 0 Å². The van der Waals surface area contributed by atoms with Gasteiger partial charge in [-0.25, -0.2) is 0 Å². The molecule has 0 aliphatic rings. The van der Waals surface area contributed by atoms with Gasteiger partial charge in [0.05, 0.1) is 0 Å². The molecule has 3 rings (SSSR count). The maximum atomic E-state index is 4.22. The number of rotatable bonds is 8. The lowest BCUT2D eigenvalue weighted by atomic mass is 10.1. The predicted octanol–water partition coefficient (Wildman–Crippen LogP) is 6.41. The molecule has 0 amide bonds. The van der Waals surface area contributed by atoms with Crippen LogP contribution in [-0.2, 0) is 6.42 Å². The van der Waals surface area contributed by atoms with Crippen molar-refractivity contribution in [3.8, 4) is 0 Å². The van der Waals surface area contributed by atoms with Gasteiger partial charge in [0.2, 0.25) is 0 Å². The molecule has 3 aromatic carbocycles. The van der Waals surface area contributed by atoms with E-state index in [0.29, 0.717) is 0 Å². The largest absolute Gasteiger partial charge is 0.181 e. The summed E-state index contributed by atoms with van der Waals surface area (Å²) >= 11 is 4.22. The summed E-state index contributed by atoms with van der Waals surface area (Å²) in [5.74, 6) is -1.77. The molecule has 0 aliphatic carbocycles. The molecule has 0 spiro atoms. The van der Waals surface area contributed by atoms with Gasteiger partial charge in [-0.3, -0.25) is 0 Å². The Kier molecular flexibility index (Phi) is 7.06. The average molecular weight is 426 g/mol. The number of halogens is 1. The lowest BCUT2D eigenvalue weighted by Gasteiger charge is -2.20. The van der Waals surface area contributed by atoms with Gasteiger partial charge in [-0.15, -0.1) is 0 Å². The van der Waals surface area contributed by atoms with Gasteiger partial charge in [-0.2, -0.15) is 0 Å². The topological polar surface area (TPSA) is 0 Å². The molecule has 0 heterocycles. The van der Waals surface area contributed by atoms with E-state index in [0.717, 1.165) is 0 Å². The minimum absolute atomic E-state index is 1.19.